The summed E-state index contributed by atoms with van der Waals surface area (Å²) in [5.41, 5.74) is 0. The van der Waals surface area contributed by atoms with Gasteiger partial charge in [-0.2, -0.15) is 0 Å². The average Bonchev–Trinajstić information content (AvgIpc) is 2.31. The van der Waals surface area contributed by atoms with Gasteiger partial charge in [-0.25, -0.2) is 0 Å². The first-order valence-corrected chi connectivity index (χ1v) is 6.26. The van der Waals surface area contributed by atoms with Crippen LogP contribution < -0.4 is 5.32 Å². The van der Waals surface area contributed by atoms with E-state index < -0.39 is 0 Å². The lowest BCUT2D eigenvalue weighted by atomic mass is 9.93. The van der Waals surface area contributed by atoms with Gasteiger partial charge in [0, 0.05) is 25.8 Å². The molecule has 0 aromatic heterocycles. The van der Waals surface area contributed by atoms with E-state index in [1.165, 1.54) is 32.1 Å². The second-order valence-corrected chi connectivity index (χ2v) is 4.75. The molecule has 0 unspecified atom stereocenters. The second-order valence-electron chi connectivity index (χ2n) is 4.75. The molecule has 2 fully saturated rings. The molecule has 1 saturated heterocycles. The van der Waals surface area contributed by atoms with Crippen molar-refractivity contribution in [3.8, 4) is 0 Å². The zero-order valence-corrected chi connectivity index (χ0v) is 9.71. The normalized spacial score (nSPS) is 34.2. The van der Waals surface area contributed by atoms with E-state index in [-0.39, 0.29) is 6.10 Å². The van der Waals surface area contributed by atoms with Gasteiger partial charge in [0.15, 0.2) is 0 Å². The maximum atomic E-state index is 5.46. The molecule has 15 heavy (non-hydrogen) atoms. The van der Waals surface area contributed by atoms with Crippen molar-refractivity contribution < 1.29 is 9.47 Å². The maximum absolute atomic E-state index is 5.46. The van der Waals surface area contributed by atoms with Gasteiger partial charge < -0.3 is 14.8 Å². The van der Waals surface area contributed by atoms with Gasteiger partial charge in [0.25, 0.3) is 0 Å². The van der Waals surface area contributed by atoms with Crippen molar-refractivity contribution in [2.45, 2.75) is 56.7 Å². The average molecular weight is 213 g/mol. The molecule has 3 nitrogen and oxygen atoms in total. The Morgan fingerprint density at radius 2 is 1.93 bits per heavy atom. The minimum absolute atomic E-state index is 0.251. The largest absolute Gasteiger partial charge is 0.379 e. The molecule has 3 heteroatoms. The SMILES string of the molecule is CO[C@@H]1COCC[C@@H]1NC1CCCCC1. The van der Waals surface area contributed by atoms with Gasteiger partial charge in [0.05, 0.1) is 12.7 Å². The molecular formula is C12H23NO2. The van der Waals surface area contributed by atoms with Crippen molar-refractivity contribution in [1.82, 2.24) is 5.32 Å². The van der Waals surface area contributed by atoms with Crippen LogP contribution in [0.2, 0.25) is 0 Å². The van der Waals surface area contributed by atoms with Gasteiger partial charge in [-0.3, -0.25) is 0 Å². The summed E-state index contributed by atoms with van der Waals surface area (Å²) in [7, 11) is 1.79. The predicted octanol–water partition coefficient (Wildman–Crippen LogP) is 1.71. The summed E-state index contributed by atoms with van der Waals surface area (Å²) in [5.74, 6) is 0. The third kappa shape index (κ3) is 3.16. The third-order valence-electron chi connectivity index (χ3n) is 3.66. The van der Waals surface area contributed by atoms with Crippen molar-refractivity contribution in [2.24, 2.45) is 0 Å². The molecule has 1 aliphatic carbocycles. The highest BCUT2D eigenvalue weighted by Gasteiger charge is 2.27. The quantitative estimate of drug-likeness (QED) is 0.774. The number of hydrogen-bond donors (Lipinski definition) is 1. The van der Waals surface area contributed by atoms with Crippen molar-refractivity contribution in [1.29, 1.82) is 0 Å². The maximum Gasteiger partial charge on any atom is 0.0958 e. The van der Waals surface area contributed by atoms with Crippen LogP contribution in [-0.2, 0) is 9.47 Å². The van der Waals surface area contributed by atoms with E-state index in [1.54, 1.807) is 7.11 Å². The molecule has 0 spiro atoms. The standard InChI is InChI=1S/C12H23NO2/c1-14-12-9-15-8-7-11(12)13-10-5-3-2-4-6-10/h10-13H,2-9H2,1H3/t11-,12+/m0/s1. The first-order valence-electron chi connectivity index (χ1n) is 6.26. The lowest BCUT2D eigenvalue weighted by molar-refractivity contribution is -0.0529. The molecule has 0 radical (unpaired) electrons. The lowest BCUT2D eigenvalue weighted by Gasteiger charge is -2.35. The van der Waals surface area contributed by atoms with Gasteiger partial charge in [0.2, 0.25) is 0 Å². The fraction of sp³-hybridized carbons (Fsp3) is 1.00. The summed E-state index contributed by atoms with van der Waals surface area (Å²) in [6.45, 7) is 1.63. The van der Waals surface area contributed by atoms with E-state index in [4.69, 9.17) is 9.47 Å². The van der Waals surface area contributed by atoms with Crippen LogP contribution in [-0.4, -0.2) is 38.5 Å². The Morgan fingerprint density at radius 3 is 2.67 bits per heavy atom. The monoisotopic (exact) mass is 213 g/mol. The summed E-state index contributed by atoms with van der Waals surface area (Å²) in [5, 5.41) is 3.75. The number of rotatable bonds is 3. The molecule has 0 aromatic rings. The first kappa shape index (κ1) is 11.4. The molecule has 1 heterocycles. The highest BCUT2D eigenvalue weighted by Crippen LogP contribution is 2.20. The molecule has 88 valence electrons. The molecule has 1 N–H and O–H groups in total. The Bertz CT molecular complexity index is 180. The van der Waals surface area contributed by atoms with Crippen molar-refractivity contribution in [3.63, 3.8) is 0 Å². The van der Waals surface area contributed by atoms with Crippen molar-refractivity contribution in [3.05, 3.63) is 0 Å². The highest BCUT2D eigenvalue weighted by atomic mass is 16.5. The number of hydrogen-bond acceptors (Lipinski definition) is 3. The van der Waals surface area contributed by atoms with E-state index in [0.717, 1.165) is 25.7 Å². The van der Waals surface area contributed by atoms with E-state index in [1.807, 2.05) is 0 Å². The van der Waals surface area contributed by atoms with Gasteiger partial charge in [0.1, 0.15) is 0 Å². The van der Waals surface area contributed by atoms with E-state index >= 15 is 0 Å². The Hall–Kier alpha value is -0.120. The van der Waals surface area contributed by atoms with Crippen LogP contribution in [0.25, 0.3) is 0 Å². The molecule has 2 atom stereocenters. The van der Waals surface area contributed by atoms with E-state index in [2.05, 4.69) is 5.32 Å². The fourth-order valence-corrected chi connectivity index (χ4v) is 2.71. The van der Waals surface area contributed by atoms with Crippen LogP contribution in [0.1, 0.15) is 38.5 Å². The van der Waals surface area contributed by atoms with Crippen LogP contribution >= 0.6 is 0 Å². The van der Waals surface area contributed by atoms with Crippen LogP contribution in [0, 0.1) is 0 Å². The molecule has 2 rings (SSSR count). The summed E-state index contributed by atoms with van der Waals surface area (Å²) >= 11 is 0. The molecule has 1 saturated carbocycles. The second kappa shape index (κ2) is 5.83. The van der Waals surface area contributed by atoms with Gasteiger partial charge in [-0.15, -0.1) is 0 Å². The molecule has 0 aromatic carbocycles. The third-order valence-corrected chi connectivity index (χ3v) is 3.66. The van der Waals surface area contributed by atoms with Crippen molar-refractivity contribution >= 4 is 0 Å². The summed E-state index contributed by atoms with van der Waals surface area (Å²) < 4.78 is 10.9. The van der Waals surface area contributed by atoms with Gasteiger partial charge in [-0.1, -0.05) is 19.3 Å². The Labute approximate surface area is 92.5 Å². The van der Waals surface area contributed by atoms with E-state index in [9.17, 15) is 0 Å². The predicted molar refractivity (Wildman–Crippen MR) is 60.0 cm³/mol. The minimum atomic E-state index is 0.251. The van der Waals surface area contributed by atoms with E-state index in [0.29, 0.717) is 6.04 Å². The highest BCUT2D eigenvalue weighted by molar-refractivity contribution is 4.84. The number of nitrogens with one attached hydrogen (secondary N) is 1. The zero-order chi connectivity index (χ0) is 10.5. The van der Waals surface area contributed by atoms with Crippen LogP contribution in [0.4, 0.5) is 0 Å². The first-order chi connectivity index (χ1) is 7.40. The Balaban J connectivity index is 1.79. The molecule has 0 bridgehead atoms. The Morgan fingerprint density at radius 1 is 1.13 bits per heavy atom. The zero-order valence-electron chi connectivity index (χ0n) is 9.71. The lowest BCUT2D eigenvalue weighted by Crippen LogP contribution is -2.51. The fourth-order valence-electron chi connectivity index (χ4n) is 2.71. The Kier molecular flexibility index (Phi) is 4.42. The van der Waals surface area contributed by atoms with Gasteiger partial charge >= 0.3 is 0 Å². The molecule has 2 aliphatic rings. The summed E-state index contributed by atoms with van der Waals surface area (Å²) in [6, 6.07) is 1.23. The number of methoxy groups -OCH3 is 1. The van der Waals surface area contributed by atoms with Crippen LogP contribution in [0.15, 0.2) is 0 Å². The minimum Gasteiger partial charge on any atom is -0.379 e. The topological polar surface area (TPSA) is 30.5 Å². The summed E-state index contributed by atoms with van der Waals surface area (Å²) in [6.07, 6.45) is 8.22. The molecule has 0 amide bonds. The molecule has 1 aliphatic heterocycles. The smallest absolute Gasteiger partial charge is 0.0958 e. The molecular weight excluding hydrogens is 190 g/mol. The van der Waals surface area contributed by atoms with Crippen molar-refractivity contribution in [2.75, 3.05) is 20.3 Å². The van der Waals surface area contributed by atoms with Crippen LogP contribution in [0.5, 0.6) is 0 Å². The van der Waals surface area contributed by atoms with Gasteiger partial charge in [-0.05, 0) is 19.3 Å². The summed E-state index contributed by atoms with van der Waals surface area (Å²) in [4.78, 5) is 0. The van der Waals surface area contributed by atoms with Crippen LogP contribution in [0.3, 0.4) is 0 Å². The number of ether oxygens (including phenoxy) is 2.